The normalized spacial score (nSPS) is 10.3. The number of aliphatic hydroxyl groups excluding tert-OH is 1. The molecule has 0 heterocycles. The summed E-state index contributed by atoms with van der Waals surface area (Å²) >= 11 is 4.48. The molecule has 0 amide bonds. The molecule has 1 N–H and O–H groups in total. The molecule has 0 atom stereocenters. The first-order chi connectivity index (χ1) is 9.26. The van der Waals surface area contributed by atoms with Crippen LogP contribution in [0.4, 0.5) is 0 Å². The van der Waals surface area contributed by atoms with Gasteiger partial charge in [0.25, 0.3) is 0 Å². The zero-order valence-electron chi connectivity index (χ0n) is 11.0. The van der Waals surface area contributed by atoms with Crippen LogP contribution in [0.25, 0.3) is 21.5 Å². The van der Waals surface area contributed by atoms with E-state index >= 15 is 0 Å². The number of hydrogen-bond acceptors (Lipinski definition) is 2. The van der Waals surface area contributed by atoms with Gasteiger partial charge in [0.05, 0.1) is 0 Å². The maximum absolute atomic E-state index is 7.88. The first-order valence-corrected chi connectivity index (χ1v) is 6.92. The van der Waals surface area contributed by atoms with Gasteiger partial charge in [-0.3, -0.25) is 0 Å². The lowest BCUT2D eigenvalue weighted by Gasteiger charge is -2.03. The predicted octanol–water partition coefficient (Wildman–Crippen LogP) is 4.67. The molecule has 0 radical (unpaired) electrons. The van der Waals surface area contributed by atoms with Crippen LogP contribution < -0.4 is 0 Å². The van der Waals surface area contributed by atoms with Crippen LogP contribution >= 0.6 is 12.6 Å². The number of hydrogen-bond donors (Lipinski definition) is 2. The van der Waals surface area contributed by atoms with Gasteiger partial charge in [-0.1, -0.05) is 43.3 Å². The van der Waals surface area contributed by atoms with Gasteiger partial charge < -0.3 is 5.11 Å². The number of aliphatic hydroxyl groups is 1. The van der Waals surface area contributed by atoms with Gasteiger partial charge in [-0.15, -0.1) is 12.6 Å². The van der Waals surface area contributed by atoms with Crippen molar-refractivity contribution in [1.29, 1.82) is 0 Å². The Bertz CT molecular complexity index is 674. The van der Waals surface area contributed by atoms with Crippen LogP contribution in [0.3, 0.4) is 0 Å². The highest BCUT2D eigenvalue weighted by molar-refractivity contribution is 7.80. The van der Waals surface area contributed by atoms with Gasteiger partial charge in [0.1, 0.15) is 0 Å². The van der Waals surface area contributed by atoms with Crippen molar-refractivity contribution in [3.63, 3.8) is 0 Å². The lowest BCUT2D eigenvalue weighted by atomic mass is 10.0. The highest BCUT2D eigenvalue weighted by Gasteiger charge is 1.99. The monoisotopic (exact) mass is 270 g/mol. The predicted molar refractivity (Wildman–Crippen MR) is 86.1 cm³/mol. The third-order valence-electron chi connectivity index (χ3n) is 2.95. The van der Waals surface area contributed by atoms with Crippen molar-refractivity contribution in [2.24, 2.45) is 0 Å². The lowest BCUT2D eigenvalue weighted by molar-refractivity contribution is 0.295. The Morgan fingerprint density at radius 2 is 1.47 bits per heavy atom. The molecule has 0 aliphatic rings. The molecule has 3 rings (SSSR count). The quantitative estimate of drug-likeness (QED) is 0.486. The van der Waals surface area contributed by atoms with Gasteiger partial charge in [-0.25, -0.2) is 0 Å². The Labute approximate surface area is 119 Å². The van der Waals surface area contributed by atoms with Crippen molar-refractivity contribution < 1.29 is 5.11 Å². The van der Waals surface area contributed by atoms with E-state index in [9.17, 15) is 0 Å². The van der Waals surface area contributed by atoms with Gasteiger partial charge in [0, 0.05) is 11.5 Å². The SMILES string of the molecule is CCCO.Sc1cccc2cc3ccccc3cc12. The molecule has 0 unspecified atom stereocenters. The zero-order valence-corrected chi connectivity index (χ0v) is 11.9. The number of benzene rings is 3. The lowest BCUT2D eigenvalue weighted by Crippen LogP contribution is -1.77. The summed E-state index contributed by atoms with van der Waals surface area (Å²) in [5.41, 5.74) is 0. The Hall–Kier alpha value is -1.51. The first-order valence-electron chi connectivity index (χ1n) is 6.47. The van der Waals surface area contributed by atoms with Crippen LogP contribution in [0.15, 0.2) is 59.5 Å². The molecule has 0 aromatic heterocycles. The van der Waals surface area contributed by atoms with E-state index in [1.807, 2.05) is 19.1 Å². The van der Waals surface area contributed by atoms with E-state index in [1.54, 1.807) is 0 Å². The first kappa shape index (κ1) is 13.9. The molecule has 2 heteroatoms. The third-order valence-corrected chi connectivity index (χ3v) is 3.34. The molecule has 0 fully saturated rings. The minimum absolute atomic E-state index is 0.319. The fraction of sp³-hybridized carbons (Fsp3) is 0.176. The van der Waals surface area contributed by atoms with Crippen molar-refractivity contribution in [1.82, 2.24) is 0 Å². The summed E-state index contributed by atoms with van der Waals surface area (Å²) in [6.45, 7) is 2.25. The maximum Gasteiger partial charge on any atom is 0.0428 e. The molecule has 0 spiro atoms. The molecule has 3 aromatic rings. The van der Waals surface area contributed by atoms with Crippen LogP contribution in [0.5, 0.6) is 0 Å². The summed E-state index contributed by atoms with van der Waals surface area (Å²) in [6.07, 6.45) is 0.875. The van der Waals surface area contributed by atoms with E-state index in [2.05, 4.69) is 55.1 Å². The molecule has 0 bridgehead atoms. The van der Waals surface area contributed by atoms with Crippen molar-refractivity contribution in [3.8, 4) is 0 Å². The van der Waals surface area contributed by atoms with Crippen molar-refractivity contribution in [2.45, 2.75) is 18.2 Å². The fourth-order valence-corrected chi connectivity index (χ4v) is 2.23. The van der Waals surface area contributed by atoms with E-state index in [4.69, 9.17) is 5.11 Å². The maximum atomic E-state index is 7.88. The number of rotatable bonds is 1. The highest BCUT2D eigenvalue weighted by Crippen LogP contribution is 2.26. The number of fused-ring (bicyclic) bond motifs is 2. The second kappa shape index (κ2) is 6.60. The Morgan fingerprint density at radius 3 is 2.11 bits per heavy atom. The molecule has 3 aromatic carbocycles. The van der Waals surface area contributed by atoms with E-state index in [1.165, 1.54) is 21.5 Å². The molecule has 0 saturated heterocycles. The van der Waals surface area contributed by atoms with Crippen LogP contribution in [0.2, 0.25) is 0 Å². The Kier molecular flexibility index (Phi) is 4.83. The zero-order chi connectivity index (χ0) is 13.7. The van der Waals surface area contributed by atoms with Gasteiger partial charge in [0.2, 0.25) is 0 Å². The van der Waals surface area contributed by atoms with E-state index in [0.29, 0.717) is 6.61 Å². The van der Waals surface area contributed by atoms with Crippen LogP contribution in [0.1, 0.15) is 13.3 Å². The summed E-state index contributed by atoms with van der Waals surface area (Å²) in [7, 11) is 0. The molecule has 0 aliphatic carbocycles. The average Bonchev–Trinajstić information content (AvgIpc) is 2.46. The van der Waals surface area contributed by atoms with Crippen molar-refractivity contribution in [2.75, 3.05) is 6.61 Å². The summed E-state index contributed by atoms with van der Waals surface area (Å²) in [5, 5.41) is 12.9. The number of thiol groups is 1. The van der Waals surface area contributed by atoms with Gasteiger partial charge in [-0.05, 0) is 46.2 Å². The van der Waals surface area contributed by atoms with E-state index in [-0.39, 0.29) is 0 Å². The highest BCUT2D eigenvalue weighted by atomic mass is 32.1. The molecule has 1 nitrogen and oxygen atoms in total. The van der Waals surface area contributed by atoms with Crippen LogP contribution in [-0.4, -0.2) is 11.7 Å². The second-order valence-corrected chi connectivity index (χ2v) is 4.90. The van der Waals surface area contributed by atoms with Gasteiger partial charge in [-0.2, -0.15) is 0 Å². The molecule has 0 saturated carbocycles. The minimum Gasteiger partial charge on any atom is -0.396 e. The summed E-state index contributed by atoms with van der Waals surface area (Å²) < 4.78 is 0. The average molecular weight is 270 g/mol. The standard InChI is InChI=1S/C14H10S.C3H8O/c15-14-7-3-6-12-8-10-4-1-2-5-11(10)9-13(12)14;1-2-3-4/h1-9,15H;4H,2-3H2,1H3. The van der Waals surface area contributed by atoms with Crippen LogP contribution in [0, 0.1) is 0 Å². The summed E-state index contributed by atoms with van der Waals surface area (Å²) in [4.78, 5) is 1.04. The Morgan fingerprint density at radius 1 is 0.895 bits per heavy atom. The van der Waals surface area contributed by atoms with E-state index in [0.717, 1.165) is 11.3 Å². The molecule has 0 aliphatic heterocycles. The van der Waals surface area contributed by atoms with Crippen molar-refractivity contribution >= 4 is 34.2 Å². The van der Waals surface area contributed by atoms with Crippen LogP contribution in [-0.2, 0) is 0 Å². The fourth-order valence-electron chi connectivity index (χ4n) is 1.95. The summed E-state index contributed by atoms with van der Waals surface area (Å²) in [6, 6.07) is 19.0. The second-order valence-electron chi connectivity index (χ2n) is 4.42. The van der Waals surface area contributed by atoms with Gasteiger partial charge >= 0.3 is 0 Å². The molecular weight excluding hydrogens is 252 g/mol. The minimum atomic E-state index is 0.319. The largest absolute Gasteiger partial charge is 0.396 e. The smallest absolute Gasteiger partial charge is 0.0428 e. The molecular formula is C17H18OS. The third kappa shape index (κ3) is 3.28. The molecule has 19 heavy (non-hydrogen) atoms. The molecule has 98 valence electrons. The van der Waals surface area contributed by atoms with E-state index < -0.39 is 0 Å². The Balaban J connectivity index is 0.000000297. The topological polar surface area (TPSA) is 20.2 Å². The summed E-state index contributed by atoms with van der Waals surface area (Å²) in [5.74, 6) is 0. The van der Waals surface area contributed by atoms with Crippen molar-refractivity contribution in [3.05, 3.63) is 54.6 Å². The van der Waals surface area contributed by atoms with Gasteiger partial charge in [0.15, 0.2) is 0 Å².